The van der Waals surface area contributed by atoms with Crippen LogP contribution in [0.25, 0.3) is 128 Å². The molecule has 13 aromatic rings. The standard InChI is InChI=1S/C58H34N2S3/c1-2-11-37(12-3-1)58-59-50(36-23-21-35(22-24-36)43-16-10-17-47-44-13-4-9-20-54(44)63-57(43)47)34-51(60-58)42-30-40(38-25-27-55-48(32-38)45-14-5-7-18-52(45)61-55)29-41(31-42)39-26-28-56-49(33-39)46-15-6-8-19-53(46)62-56/h1-34H. The summed E-state index contributed by atoms with van der Waals surface area (Å²) in [5, 5.41) is 7.78. The molecule has 13 rings (SSSR count). The van der Waals surface area contributed by atoms with Crippen LogP contribution in [-0.2, 0) is 0 Å². The number of nitrogens with zero attached hydrogens (tertiary/aromatic N) is 2. The van der Waals surface area contributed by atoms with Crippen molar-refractivity contribution in [3.63, 3.8) is 0 Å². The summed E-state index contributed by atoms with van der Waals surface area (Å²) >= 11 is 5.57. The Balaban J connectivity index is 0.985. The van der Waals surface area contributed by atoms with Crippen LogP contribution < -0.4 is 0 Å². The topological polar surface area (TPSA) is 25.8 Å². The Hall–Kier alpha value is -7.28. The van der Waals surface area contributed by atoms with Gasteiger partial charge < -0.3 is 0 Å². The smallest absolute Gasteiger partial charge is 0.160 e. The molecule has 0 spiro atoms. The number of fused-ring (bicyclic) bond motifs is 9. The molecule has 0 radical (unpaired) electrons. The zero-order valence-electron chi connectivity index (χ0n) is 33.7. The van der Waals surface area contributed by atoms with Crippen molar-refractivity contribution in [2.45, 2.75) is 0 Å². The van der Waals surface area contributed by atoms with Gasteiger partial charge in [-0.1, -0.05) is 140 Å². The number of aromatic nitrogens is 2. The molecule has 0 atom stereocenters. The molecule has 0 bridgehead atoms. The number of benzene rings is 9. The van der Waals surface area contributed by atoms with Gasteiger partial charge in [0.2, 0.25) is 0 Å². The summed E-state index contributed by atoms with van der Waals surface area (Å²) in [6.07, 6.45) is 0. The summed E-state index contributed by atoms with van der Waals surface area (Å²) in [4.78, 5) is 10.6. The van der Waals surface area contributed by atoms with Crippen LogP contribution in [0.15, 0.2) is 206 Å². The van der Waals surface area contributed by atoms with Crippen molar-refractivity contribution < 1.29 is 0 Å². The fraction of sp³-hybridized carbons (Fsp3) is 0. The Labute approximate surface area is 375 Å². The van der Waals surface area contributed by atoms with Crippen LogP contribution in [0.5, 0.6) is 0 Å². The van der Waals surface area contributed by atoms with E-state index in [1.165, 1.54) is 82.8 Å². The predicted octanol–water partition coefficient (Wildman–Crippen LogP) is 17.6. The van der Waals surface area contributed by atoms with Gasteiger partial charge in [0.25, 0.3) is 0 Å². The summed E-state index contributed by atoms with van der Waals surface area (Å²) in [5.41, 5.74) is 11.9. The summed E-state index contributed by atoms with van der Waals surface area (Å²) in [5.74, 6) is 0.700. The van der Waals surface area contributed by atoms with Gasteiger partial charge in [-0.15, -0.1) is 34.0 Å². The van der Waals surface area contributed by atoms with Gasteiger partial charge in [-0.05, 0) is 100 Å². The highest BCUT2D eigenvalue weighted by Gasteiger charge is 2.17. The zero-order valence-corrected chi connectivity index (χ0v) is 36.2. The Kier molecular flexibility index (Phi) is 8.48. The first kappa shape index (κ1) is 36.4. The summed E-state index contributed by atoms with van der Waals surface area (Å²) in [7, 11) is 0. The quantitative estimate of drug-likeness (QED) is 0.167. The molecule has 5 heteroatoms. The Morgan fingerprint density at radius 1 is 0.254 bits per heavy atom. The summed E-state index contributed by atoms with van der Waals surface area (Å²) in [6.45, 7) is 0. The fourth-order valence-electron chi connectivity index (χ4n) is 9.17. The minimum atomic E-state index is 0.700. The first-order chi connectivity index (χ1) is 31.2. The highest BCUT2D eigenvalue weighted by atomic mass is 32.1. The molecule has 0 N–H and O–H groups in total. The third-order valence-corrected chi connectivity index (χ3v) is 15.8. The highest BCUT2D eigenvalue weighted by molar-refractivity contribution is 7.26. The molecule has 63 heavy (non-hydrogen) atoms. The Morgan fingerprint density at radius 3 is 1.33 bits per heavy atom. The van der Waals surface area contributed by atoms with Crippen molar-refractivity contribution >= 4 is 94.5 Å². The van der Waals surface area contributed by atoms with E-state index in [1.807, 2.05) is 40.1 Å². The zero-order chi connectivity index (χ0) is 41.4. The van der Waals surface area contributed by atoms with Gasteiger partial charge in [0.1, 0.15) is 0 Å². The van der Waals surface area contributed by atoms with E-state index >= 15 is 0 Å². The highest BCUT2D eigenvalue weighted by Crippen LogP contribution is 2.43. The molecule has 0 saturated carbocycles. The van der Waals surface area contributed by atoms with Crippen LogP contribution in [0.1, 0.15) is 0 Å². The molecule has 0 fully saturated rings. The van der Waals surface area contributed by atoms with E-state index in [-0.39, 0.29) is 0 Å². The molecule has 0 aliphatic carbocycles. The molecule has 0 unspecified atom stereocenters. The summed E-state index contributed by atoms with van der Waals surface area (Å²) < 4.78 is 7.84. The van der Waals surface area contributed by atoms with E-state index in [0.717, 1.165) is 39.2 Å². The van der Waals surface area contributed by atoms with Crippen LogP contribution in [0.2, 0.25) is 0 Å². The molecule has 0 amide bonds. The second kappa shape index (κ2) is 14.7. The Morgan fingerprint density at radius 2 is 0.714 bits per heavy atom. The summed E-state index contributed by atoms with van der Waals surface area (Å²) in [6, 6.07) is 75.1. The number of thiophene rings is 3. The monoisotopic (exact) mass is 854 g/mol. The Bertz CT molecular complexity index is 3780. The molecule has 0 aliphatic heterocycles. The second-order valence-corrected chi connectivity index (χ2v) is 19.3. The van der Waals surface area contributed by atoms with E-state index in [0.29, 0.717) is 5.82 Å². The average Bonchev–Trinajstić information content (AvgIpc) is 4.05. The van der Waals surface area contributed by atoms with Gasteiger partial charge in [-0.25, -0.2) is 9.97 Å². The second-order valence-electron chi connectivity index (χ2n) is 16.1. The maximum Gasteiger partial charge on any atom is 0.160 e. The van der Waals surface area contributed by atoms with Crippen molar-refractivity contribution in [2.24, 2.45) is 0 Å². The molecule has 0 saturated heterocycles. The van der Waals surface area contributed by atoms with E-state index in [2.05, 4.69) is 200 Å². The molecule has 0 aliphatic rings. The van der Waals surface area contributed by atoms with Gasteiger partial charge >= 0.3 is 0 Å². The molecule has 4 heterocycles. The lowest BCUT2D eigenvalue weighted by molar-refractivity contribution is 1.18. The van der Waals surface area contributed by atoms with Crippen LogP contribution in [-0.4, -0.2) is 9.97 Å². The maximum atomic E-state index is 5.35. The van der Waals surface area contributed by atoms with Gasteiger partial charge in [-0.3, -0.25) is 0 Å². The largest absolute Gasteiger partial charge is 0.228 e. The number of hydrogen-bond donors (Lipinski definition) is 0. The number of hydrogen-bond acceptors (Lipinski definition) is 5. The van der Waals surface area contributed by atoms with Gasteiger partial charge in [-0.2, -0.15) is 0 Å². The van der Waals surface area contributed by atoms with Gasteiger partial charge in [0.15, 0.2) is 5.82 Å². The normalized spacial score (nSPS) is 11.8. The van der Waals surface area contributed by atoms with Crippen molar-refractivity contribution in [3.05, 3.63) is 206 Å². The van der Waals surface area contributed by atoms with E-state index in [4.69, 9.17) is 9.97 Å². The lowest BCUT2D eigenvalue weighted by Gasteiger charge is -2.14. The lowest BCUT2D eigenvalue weighted by Crippen LogP contribution is -1.96. The maximum absolute atomic E-state index is 5.35. The molecular formula is C58H34N2S3. The van der Waals surface area contributed by atoms with E-state index < -0.39 is 0 Å². The third-order valence-electron chi connectivity index (χ3n) is 12.3. The van der Waals surface area contributed by atoms with E-state index in [1.54, 1.807) is 0 Å². The molecule has 294 valence electrons. The van der Waals surface area contributed by atoms with Crippen LogP contribution in [0.4, 0.5) is 0 Å². The first-order valence-electron chi connectivity index (χ1n) is 21.1. The molecule has 2 nitrogen and oxygen atoms in total. The van der Waals surface area contributed by atoms with Crippen molar-refractivity contribution in [2.75, 3.05) is 0 Å². The predicted molar refractivity (Wildman–Crippen MR) is 273 cm³/mol. The third kappa shape index (κ3) is 6.27. The minimum absolute atomic E-state index is 0.700. The van der Waals surface area contributed by atoms with Gasteiger partial charge in [0.05, 0.1) is 11.4 Å². The van der Waals surface area contributed by atoms with Crippen molar-refractivity contribution in [1.82, 2.24) is 9.97 Å². The molecule has 4 aromatic heterocycles. The van der Waals surface area contributed by atoms with Gasteiger partial charge in [0, 0.05) is 77.2 Å². The van der Waals surface area contributed by atoms with Crippen molar-refractivity contribution in [1.29, 1.82) is 0 Å². The minimum Gasteiger partial charge on any atom is -0.228 e. The number of rotatable bonds is 6. The van der Waals surface area contributed by atoms with Crippen LogP contribution in [0, 0.1) is 0 Å². The molecule has 9 aromatic carbocycles. The lowest BCUT2D eigenvalue weighted by atomic mass is 9.93. The van der Waals surface area contributed by atoms with Crippen LogP contribution in [0.3, 0.4) is 0 Å². The van der Waals surface area contributed by atoms with Crippen LogP contribution >= 0.6 is 34.0 Å². The average molecular weight is 855 g/mol. The molecular weight excluding hydrogens is 821 g/mol. The van der Waals surface area contributed by atoms with Crippen molar-refractivity contribution in [3.8, 4) is 67.3 Å². The first-order valence-corrected chi connectivity index (χ1v) is 23.6. The fourth-order valence-corrected chi connectivity index (χ4v) is 12.6. The SMILES string of the molecule is c1ccc(-c2nc(-c3ccc(-c4cccc5c4sc4ccccc45)cc3)cc(-c3cc(-c4ccc5sc6ccccc6c5c4)cc(-c4ccc5sc6ccccc6c5c4)c3)n2)cc1. The van der Waals surface area contributed by atoms with E-state index in [9.17, 15) is 0 Å².